The van der Waals surface area contributed by atoms with Crippen LogP contribution in [0.15, 0.2) is 36.4 Å². The van der Waals surface area contributed by atoms with E-state index in [0.717, 1.165) is 94.9 Å². The van der Waals surface area contributed by atoms with E-state index in [1.54, 1.807) is 0 Å². The van der Waals surface area contributed by atoms with E-state index in [4.69, 9.17) is 9.97 Å². The molecule has 45 heavy (non-hydrogen) atoms. The van der Waals surface area contributed by atoms with Gasteiger partial charge in [-0.1, -0.05) is 25.1 Å². The van der Waals surface area contributed by atoms with Crippen LogP contribution >= 0.6 is 0 Å². The Labute approximate surface area is 266 Å². The van der Waals surface area contributed by atoms with Crippen molar-refractivity contribution >= 4 is 40.1 Å². The van der Waals surface area contributed by atoms with Crippen LogP contribution in [0.5, 0.6) is 0 Å². The Kier molecular flexibility index (Phi) is 6.62. The third-order valence-electron chi connectivity index (χ3n) is 11.9. The number of para-hydroxylation sites is 1. The SMILES string of the molecule is CC[C@@]12C=C(C(=O)N3CCN(c4nc(N5CCCC5)cc(N5CCCC5)n4)CC3)n3c4c(c5ccccc53)CCN(CCC1)[C@H]42. The highest BCUT2D eigenvalue weighted by Gasteiger charge is 2.51. The maximum Gasteiger partial charge on any atom is 0.270 e. The van der Waals surface area contributed by atoms with Crippen LogP contribution in [0.1, 0.15) is 69.2 Å². The minimum absolute atomic E-state index is 0.0143. The van der Waals surface area contributed by atoms with Crippen LogP contribution in [0.4, 0.5) is 17.6 Å². The van der Waals surface area contributed by atoms with Crippen molar-refractivity contribution in [2.45, 2.75) is 64.3 Å². The summed E-state index contributed by atoms with van der Waals surface area (Å²) >= 11 is 0. The van der Waals surface area contributed by atoms with Gasteiger partial charge in [-0.05, 0) is 75.6 Å². The number of amides is 1. The molecule has 9 rings (SSSR count). The summed E-state index contributed by atoms with van der Waals surface area (Å²) in [6.45, 7) is 11.8. The van der Waals surface area contributed by atoms with Gasteiger partial charge in [0.1, 0.15) is 17.3 Å². The molecule has 0 bridgehead atoms. The van der Waals surface area contributed by atoms with E-state index in [1.165, 1.54) is 54.3 Å². The second-order valence-corrected chi connectivity index (χ2v) is 14.2. The third-order valence-corrected chi connectivity index (χ3v) is 11.9. The zero-order valence-electron chi connectivity index (χ0n) is 26.8. The van der Waals surface area contributed by atoms with E-state index in [0.29, 0.717) is 19.1 Å². The molecule has 1 amide bonds. The van der Waals surface area contributed by atoms with Gasteiger partial charge in [-0.25, -0.2) is 0 Å². The fourth-order valence-electron chi connectivity index (χ4n) is 9.48. The second-order valence-electron chi connectivity index (χ2n) is 14.2. The number of carbonyl (C=O) groups is 1. The maximum absolute atomic E-state index is 14.7. The molecular formula is C36H46N8O. The van der Waals surface area contributed by atoms with Crippen molar-refractivity contribution in [2.24, 2.45) is 5.41 Å². The first-order valence-electron chi connectivity index (χ1n) is 17.7. The molecule has 6 aliphatic rings. The fraction of sp³-hybridized carbons (Fsp3) is 0.583. The molecule has 0 radical (unpaired) electrons. The summed E-state index contributed by atoms with van der Waals surface area (Å²) in [5, 5.41) is 1.33. The molecule has 0 saturated carbocycles. The number of carbonyl (C=O) groups excluding carboxylic acids is 1. The Hall–Kier alpha value is -3.59. The number of piperazine rings is 1. The minimum Gasteiger partial charge on any atom is -0.356 e. The zero-order chi connectivity index (χ0) is 30.1. The average molecular weight is 607 g/mol. The molecule has 0 aliphatic carbocycles. The molecule has 3 aromatic rings. The van der Waals surface area contributed by atoms with E-state index < -0.39 is 0 Å². The fourth-order valence-corrected chi connectivity index (χ4v) is 9.48. The molecule has 9 nitrogen and oxygen atoms in total. The number of piperidine rings is 1. The van der Waals surface area contributed by atoms with Gasteiger partial charge in [-0.3, -0.25) is 9.69 Å². The smallest absolute Gasteiger partial charge is 0.270 e. The molecule has 4 fully saturated rings. The van der Waals surface area contributed by atoms with Gasteiger partial charge in [-0.2, -0.15) is 9.97 Å². The number of anilines is 3. The number of fused-ring (bicyclic) bond motifs is 3. The summed E-state index contributed by atoms with van der Waals surface area (Å²) in [6.07, 6.45) is 11.8. The normalized spacial score (nSPS) is 26.5. The van der Waals surface area contributed by atoms with Gasteiger partial charge in [0.2, 0.25) is 5.95 Å². The Morgan fingerprint density at radius 2 is 1.51 bits per heavy atom. The monoisotopic (exact) mass is 606 g/mol. The Morgan fingerprint density at radius 1 is 0.822 bits per heavy atom. The number of aromatic nitrogens is 3. The topological polar surface area (TPSA) is 64.0 Å². The van der Waals surface area contributed by atoms with Crippen molar-refractivity contribution in [3.63, 3.8) is 0 Å². The van der Waals surface area contributed by atoms with E-state index in [2.05, 4.69) is 72.4 Å². The molecule has 9 heteroatoms. The van der Waals surface area contributed by atoms with Gasteiger partial charge in [-0.15, -0.1) is 0 Å². The Morgan fingerprint density at radius 3 is 2.20 bits per heavy atom. The molecule has 0 unspecified atom stereocenters. The molecule has 0 N–H and O–H groups in total. The highest BCUT2D eigenvalue weighted by molar-refractivity contribution is 6.16. The van der Waals surface area contributed by atoms with E-state index in [9.17, 15) is 4.79 Å². The first-order chi connectivity index (χ1) is 22.1. The van der Waals surface area contributed by atoms with Crippen LogP contribution in [-0.2, 0) is 11.2 Å². The van der Waals surface area contributed by atoms with Crippen LogP contribution in [0, 0.1) is 5.41 Å². The molecule has 2 aromatic heterocycles. The van der Waals surface area contributed by atoms with Crippen LogP contribution in [0.2, 0.25) is 0 Å². The van der Waals surface area contributed by atoms with Crippen molar-refractivity contribution in [1.29, 1.82) is 0 Å². The number of benzene rings is 1. The van der Waals surface area contributed by atoms with Crippen LogP contribution in [0.3, 0.4) is 0 Å². The summed E-state index contributed by atoms with van der Waals surface area (Å²) in [4.78, 5) is 36.8. The quantitative estimate of drug-likeness (QED) is 0.409. The summed E-state index contributed by atoms with van der Waals surface area (Å²) < 4.78 is 2.38. The molecule has 6 aliphatic heterocycles. The zero-order valence-corrected chi connectivity index (χ0v) is 26.8. The third kappa shape index (κ3) is 4.32. The van der Waals surface area contributed by atoms with Crippen molar-refractivity contribution in [3.05, 3.63) is 47.7 Å². The average Bonchev–Trinajstić information content (AvgIpc) is 3.89. The van der Waals surface area contributed by atoms with Gasteiger partial charge in [0.25, 0.3) is 5.91 Å². The van der Waals surface area contributed by atoms with Gasteiger partial charge in [0, 0.05) is 81.5 Å². The molecule has 8 heterocycles. The summed E-state index contributed by atoms with van der Waals surface area (Å²) in [5.41, 5.74) is 4.96. The minimum atomic E-state index is 0.0143. The van der Waals surface area contributed by atoms with Crippen molar-refractivity contribution in [3.8, 4) is 0 Å². The van der Waals surface area contributed by atoms with Gasteiger partial charge >= 0.3 is 0 Å². The number of hydrogen-bond acceptors (Lipinski definition) is 7. The lowest BCUT2D eigenvalue weighted by atomic mass is 9.66. The molecular weight excluding hydrogens is 560 g/mol. The summed E-state index contributed by atoms with van der Waals surface area (Å²) in [7, 11) is 0. The van der Waals surface area contributed by atoms with Crippen LogP contribution in [-0.4, -0.2) is 95.7 Å². The van der Waals surface area contributed by atoms with Gasteiger partial charge in [0.05, 0.1) is 11.6 Å². The lowest BCUT2D eigenvalue weighted by molar-refractivity contribution is -0.126. The van der Waals surface area contributed by atoms with Crippen LogP contribution in [0.25, 0.3) is 16.6 Å². The lowest BCUT2D eigenvalue weighted by Crippen LogP contribution is -2.53. The number of hydrogen-bond donors (Lipinski definition) is 0. The van der Waals surface area contributed by atoms with Crippen molar-refractivity contribution < 1.29 is 4.79 Å². The van der Waals surface area contributed by atoms with Crippen LogP contribution < -0.4 is 14.7 Å². The predicted octanol–water partition coefficient (Wildman–Crippen LogP) is 4.92. The number of nitrogens with zero attached hydrogens (tertiary/aromatic N) is 8. The standard InChI is InChI=1S/C36H46N8O/c1-2-36-13-9-18-41-19-12-27-26-10-3-4-11-28(26)44(32(27)33(36)41)29(25-36)34(45)42-20-22-43(23-21-42)35-37-30(39-14-5-6-15-39)24-31(38-35)40-16-7-8-17-40/h3-4,10-11,24-25,33H,2,5-9,12-23H2,1H3/t33-,36+/m1/s1. The first-order valence-corrected chi connectivity index (χ1v) is 17.7. The van der Waals surface area contributed by atoms with E-state index in [-0.39, 0.29) is 11.3 Å². The van der Waals surface area contributed by atoms with Gasteiger partial charge < -0.3 is 24.2 Å². The second kappa shape index (κ2) is 10.7. The molecule has 0 spiro atoms. The molecule has 1 aromatic carbocycles. The Balaban J connectivity index is 1.03. The Bertz CT molecular complexity index is 1620. The van der Waals surface area contributed by atoms with Gasteiger partial charge in [0.15, 0.2) is 0 Å². The lowest BCUT2D eigenvalue weighted by Gasteiger charge is -2.53. The predicted molar refractivity (Wildman–Crippen MR) is 180 cm³/mol. The largest absolute Gasteiger partial charge is 0.356 e. The van der Waals surface area contributed by atoms with Crippen molar-refractivity contribution in [2.75, 3.05) is 80.1 Å². The molecule has 4 saturated heterocycles. The summed E-state index contributed by atoms with van der Waals surface area (Å²) in [5.74, 6) is 3.13. The molecule has 236 valence electrons. The van der Waals surface area contributed by atoms with Crippen molar-refractivity contribution in [1.82, 2.24) is 24.3 Å². The highest BCUT2D eigenvalue weighted by Crippen LogP contribution is 2.57. The summed E-state index contributed by atoms with van der Waals surface area (Å²) in [6, 6.07) is 11.4. The maximum atomic E-state index is 14.7. The van der Waals surface area contributed by atoms with E-state index in [1.807, 2.05) is 0 Å². The molecule has 2 atom stereocenters. The number of rotatable bonds is 5. The first kappa shape index (κ1) is 27.7. The highest BCUT2D eigenvalue weighted by atomic mass is 16.2. The van der Waals surface area contributed by atoms with E-state index >= 15 is 0 Å².